The molecule has 0 spiro atoms. The Morgan fingerprint density at radius 3 is 2.50 bits per heavy atom. The van der Waals surface area contributed by atoms with E-state index in [2.05, 4.69) is 61.0 Å². The van der Waals surface area contributed by atoms with Crippen molar-refractivity contribution >= 4 is 0 Å². The smallest absolute Gasteiger partial charge is 0.0555 e. The molecule has 98 valence electrons. The Kier molecular flexibility index (Phi) is 6.45. The number of nitrogens with zero attached hydrogens (tertiary/aromatic N) is 2. The number of hydrogen-bond acceptors (Lipinski definition) is 3. The van der Waals surface area contributed by atoms with Crippen molar-refractivity contribution < 1.29 is 0 Å². The third kappa shape index (κ3) is 5.33. The molecule has 18 heavy (non-hydrogen) atoms. The van der Waals surface area contributed by atoms with E-state index >= 15 is 0 Å². The Labute approximate surface area is 111 Å². The third-order valence-electron chi connectivity index (χ3n) is 2.71. The van der Waals surface area contributed by atoms with Gasteiger partial charge in [-0.3, -0.25) is 0 Å². The van der Waals surface area contributed by atoms with Crippen LogP contribution in [0.2, 0.25) is 0 Å². The van der Waals surface area contributed by atoms with E-state index in [0.29, 0.717) is 6.54 Å². The molecular weight excluding hydrogens is 222 g/mol. The quantitative estimate of drug-likeness (QED) is 0.785. The molecule has 0 radical (unpaired) electrons. The lowest BCUT2D eigenvalue weighted by atomic mass is 10.1. The molecule has 0 unspecified atom stereocenters. The summed E-state index contributed by atoms with van der Waals surface area (Å²) in [6, 6.07) is 8.26. The predicted octanol–water partition coefficient (Wildman–Crippen LogP) is 0.990. The molecule has 0 aliphatic rings. The van der Waals surface area contributed by atoms with Crippen LogP contribution in [0.3, 0.4) is 0 Å². The second kappa shape index (κ2) is 7.88. The molecule has 0 saturated carbocycles. The third-order valence-corrected chi connectivity index (χ3v) is 2.71. The van der Waals surface area contributed by atoms with Gasteiger partial charge < -0.3 is 15.5 Å². The minimum absolute atomic E-state index is 0.408. The second-order valence-corrected chi connectivity index (χ2v) is 4.70. The van der Waals surface area contributed by atoms with Crippen molar-refractivity contribution in [2.24, 2.45) is 5.73 Å². The van der Waals surface area contributed by atoms with E-state index in [9.17, 15) is 0 Å². The molecule has 0 saturated heterocycles. The number of nitrogens with two attached hydrogens (primary N) is 1. The fourth-order valence-electron chi connectivity index (χ4n) is 1.67. The second-order valence-electron chi connectivity index (χ2n) is 4.70. The van der Waals surface area contributed by atoms with Crippen molar-refractivity contribution in [3.63, 3.8) is 0 Å². The van der Waals surface area contributed by atoms with Gasteiger partial charge in [-0.25, -0.2) is 0 Å². The molecule has 2 N–H and O–H groups in total. The summed E-state index contributed by atoms with van der Waals surface area (Å²) in [7, 11) is 6.32. The predicted molar refractivity (Wildman–Crippen MR) is 77.3 cm³/mol. The van der Waals surface area contributed by atoms with Crippen molar-refractivity contribution in [2.75, 3.05) is 40.8 Å². The van der Waals surface area contributed by atoms with Crippen molar-refractivity contribution in [1.29, 1.82) is 0 Å². The topological polar surface area (TPSA) is 32.5 Å². The van der Waals surface area contributed by atoms with Crippen LogP contribution in [0.5, 0.6) is 0 Å². The van der Waals surface area contributed by atoms with E-state index in [4.69, 9.17) is 5.73 Å². The maximum absolute atomic E-state index is 5.42. The van der Waals surface area contributed by atoms with Gasteiger partial charge in [0.05, 0.1) is 6.54 Å². The molecule has 1 rings (SSSR count). The van der Waals surface area contributed by atoms with Gasteiger partial charge in [0.1, 0.15) is 0 Å². The normalized spacial score (nSPS) is 10.6. The van der Waals surface area contributed by atoms with Crippen LogP contribution in [-0.4, -0.2) is 50.6 Å². The minimum atomic E-state index is 0.408. The molecule has 1 aromatic rings. The summed E-state index contributed by atoms with van der Waals surface area (Å²) in [5, 5.41) is 0. The zero-order valence-corrected chi connectivity index (χ0v) is 11.6. The Hall–Kier alpha value is -1.34. The van der Waals surface area contributed by atoms with Gasteiger partial charge in [-0.1, -0.05) is 30.0 Å². The van der Waals surface area contributed by atoms with Gasteiger partial charge in [0.2, 0.25) is 0 Å². The number of likely N-dealkylation sites (N-methyl/N-ethyl adjacent to an activating group) is 2. The molecule has 0 fully saturated rings. The zero-order valence-electron chi connectivity index (χ0n) is 11.6. The van der Waals surface area contributed by atoms with E-state index in [-0.39, 0.29) is 0 Å². The minimum Gasteiger partial charge on any atom is -0.320 e. The van der Waals surface area contributed by atoms with Crippen LogP contribution in [0.25, 0.3) is 0 Å². The number of hydrogen-bond donors (Lipinski definition) is 1. The molecule has 0 aliphatic heterocycles. The van der Waals surface area contributed by atoms with Crippen molar-refractivity contribution in [3.05, 3.63) is 35.4 Å². The first-order chi connectivity index (χ1) is 8.63. The van der Waals surface area contributed by atoms with E-state index < -0.39 is 0 Å². The Morgan fingerprint density at radius 2 is 1.83 bits per heavy atom. The standard InChI is InChI=1S/C15H23N3/c1-17(2)11-12-18(3)13-15-8-5-4-7-14(15)9-6-10-16/h4-5,7-8H,10-13,16H2,1-3H3. The molecule has 1 aromatic carbocycles. The molecule has 0 atom stereocenters. The van der Waals surface area contributed by atoms with Crippen LogP contribution in [0.4, 0.5) is 0 Å². The first-order valence-electron chi connectivity index (χ1n) is 6.23. The summed E-state index contributed by atoms with van der Waals surface area (Å²) < 4.78 is 0. The largest absolute Gasteiger partial charge is 0.320 e. The lowest BCUT2D eigenvalue weighted by Gasteiger charge is -2.20. The van der Waals surface area contributed by atoms with Crippen LogP contribution in [0.1, 0.15) is 11.1 Å². The highest BCUT2D eigenvalue weighted by atomic mass is 15.1. The van der Waals surface area contributed by atoms with Crippen molar-refractivity contribution in [3.8, 4) is 11.8 Å². The number of rotatable bonds is 5. The van der Waals surface area contributed by atoms with Crippen LogP contribution >= 0.6 is 0 Å². The molecular formula is C15H23N3. The lowest BCUT2D eigenvalue weighted by Crippen LogP contribution is -2.28. The first kappa shape index (κ1) is 14.7. The monoisotopic (exact) mass is 245 g/mol. The molecule has 3 heteroatoms. The molecule has 3 nitrogen and oxygen atoms in total. The molecule has 0 aliphatic carbocycles. The fourth-order valence-corrected chi connectivity index (χ4v) is 1.67. The van der Waals surface area contributed by atoms with Crippen molar-refractivity contribution in [2.45, 2.75) is 6.54 Å². The van der Waals surface area contributed by atoms with Gasteiger partial charge in [-0.2, -0.15) is 0 Å². The summed E-state index contributed by atoms with van der Waals surface area (Å²) in [5.74, 6) is 6.05. The first-order valence-corrected chi connectivity index (χ1v) is 6.23. The lowest BCUT2D eigenvalue weighted by molar-refractivity contribution is 0.276. The average molecular weight is 245 g/mol. The summed E-state index contributed by atoms with van der Waals surface area (Å²) >= 11 is 0. The molecule has 0 bridgehead atoms. The summed E-state index contributed by atoms with van der Waals surface area (Å²) in [4.78, 5) is 4.50. The Morgan fingerprint density at radius 1 is 1.11 bits per heavy atom. The van der Waals surface area contributed by atoms with E-state index in [1.165, 1.54) is 5.56 Å². The molecule has 0 amide bonds. The summed E-state index contributed by atoms with van der Waals surface area (Å²) in [6.07, 6.45) is 0. The van der Waals surface area contributed by atoms with E-state index in [0.717, 1.165) is 25.2 Å². The Balaban J connectivity index is 2.65. The van der Waals surface area contributed by atoms with Gasteiger partial charge in [-0.05, 0) is 32.8 Å². The van der Waals surface area contributed by atoms with Gasteiger partial charge in [-0.15, -0.1) is 0 Å². The van der Waals surface area contributed by atoms with E-state index in [1.54, 1.807) is 0 Å². The highest BCUT2D eigenvalue weighted by Crippen LogP contribution is 2.09. The maximum Gasteiger partial charge on any atom is 0.0555 e. The SMILES string of the molecule is CN(C)CCN(C)Cc1ccccc1C#CCN. The van der Waals surface area contributed by atoms with Crippen molar-refractivity contribution in [1.82, 2.24) is 9.80 Å². The molecule has 0 aromatic heterocycles. The maximum atomic E-state index is 5.42. The highest BCUT2D eigenvalue weighted by molar-refractivity contribution is 5.41. The van der Waals surface area contributed by atoms with Gasteiger partial charge in [0, 0.05) is 25.2 Å². The Bertz CT molecular complexity index is 415. The number of benzene rings is 1. The van der Waals surface area contributed by atoms with Gasteiger partial charge >= 0.3 is 0 Å². The van der Waals surface area contributed by atoms with Gasteiger partial charge in [0.15, 0.2) is 0 Å². The molecule has 0 heterocycles. The highest BCUT2D eigenvalue weighted by Gasteiger charge is 2.04. The van der Waals surface area contributed by atoms with Crippen LogP contribution in [-0.2, 0) is 6.54 Å². The zero-order chi connectivity index (χ0) is 13.4. The fraction of sp³-hybridized carbons (Fsp3) is 0.467. The van der Waals surface area contributed by atoms with Crippen LogP contribution < -0.4 is 5.73 Å². The summed E-state index contributed by atoms with van der Waals surface area (Å²) in [6.45, 7) is 3.44. The van der Waals surface area contributed by atoms with Crippen LogP contribution in [0.15, 0.2) is 24.3 Å². The van der Waals surface area contributed by atoms with Crippen LogP contribution in [0, 0.1) is 11.8 Å². The van der Waals surface area contributed by atoms with Gasteiger partial charge in [0.25, 0.3) is 0 Å². The van der Waals surface area contributed by atoms with E-state index in [1.807, 2.05) is 6.07 Å². The summed E-state index contributed by atoms with van der Waals surface area (Å²) in [5.41, 5.74) is 7.77. The average Bonchev–Trinajstić information content (AvgIpc) is 2.35.